The Hall–Kier alpha value is -0.870. The van der Waals surface area contributed by atoms with Gasteiger partial charge in [-0.25, -0.2) is 4.79 Å². The van der Waals surface area contributed by atoms with E-state index in [1.807, 2.05) is 0 Å². The summed E-state index contributed by atoms with van der Waals surface area (Å²) in [4.78, 5) is 23.1. The Morgan fingerprint density at radius 3 is 2.71 bits per heavy atom. The average molecular weight is 320 g/mol. The molecule has 0 N–H and O–H groups in total. The van der Waals surface area contributed by atoms with Crippen molar-refractivity contribution in [2.75, 3.05) is 11.9 Å². The Kier molecular flexibility index (Phi) is 5.65. The predicted octanol–water partition coefficient (Wildman–Crippen LogP) is 3.02. The molecule has 0 unspecified atom stereocenters. The van der Waals surface area contributed by atoms with E-state index in [4.69, 9.17) is 16.3 Å². The van der Waals surface area contributed by atoms with Crippen LogP contribution in [-0.2, 0) is 16.0 Å². The number of halogens is 2. The molecule has 1 aromatic rings. The molecule has 0 aliphatic rings. The fraction of sp³-hybridized carbons (Fsp3) is 0.333. The third kappa shape index (κ3) is 4.13. The van der Waals surface area contributed by atoms with Crippen LogP contribution in [0.2, 0.25) is 5.02 Å². The van der Waals surface area contributed by atoms with E-state index in [0.29, 0.717) is 16.1 Å². The van der Waals surface area contributed by atoms with E-state index in [1.165, 1.54) is 6.07 Å². The smallest absolute Gasteiger partial charge is 0.338 e. The number of esters is 1. The van der Waals surface area contributed by atoms with Crippen LogP contribution in [0.5, 0.6) is 0 Å². The van der Waals surface area contributed by atoms with E-state index in [0.717, 1.165) is 0 Å². The number of Topliss-reactive ketones (excluding diaryl/α,β-unsaturated/α-hetero) is 1. The molecular weight excluding hydrogens is 307 g/mol. The van der Waals surface area contributed by atoms with Crippen molar-refractivity contribution < 1.29 is 14.3 Å². The van der Waals surface area contributed by atoms with E-state index in [2.05, 4.69) is 15.9 Å². The molecule has 0 bridgehead atoms. The summed E-state index contributed by atoms with van der Waals surface area (Å²) in [5.74, 6) is -0.453. The lowest BCUT2D eigenvalue weighted by Gasteiger charge is -2.08. The number of benzene rings is 1. The summed E-state index contributed by atoms with van der Waals surface area (Å²) in [5, 5.41) is 0.709. The van der Waals surface area contributed by atoms with Crippen LogP contribution < -0.4 is 0 Å². The second-order valence-corrected chi connectivity index (χ2v) is 4.37. The molecule has 0 aromatic heterocycles. The highest BCUT2D eigenvalue weighted by Crippen LogP contribution is 2.18. The lowest BCUT2D eigenvalue weighted by molar-refractivity contribution is -0.115. The minimum absolute atomic E-state index is 0.00197. The van der Waals surface area contributed by atoms with Crippen molar-refractivity contribution in [3.05, 3.63) is 34.3 Å². The van der Waals surface area contributed by atoms with E-state index in [9.17, 15) is 9.59 Å². The average Bonchev–Trinajstić information content (AvgIpc) is 2.31. The SMILES string of the molecule is CCOC(=O)c1cc(Cl)ccc1CC(=O)CBr. The molecule has 0 aliphatic carbocycles. The lowest BCUT2D eigenvalue weighted by Crippen LogP contribution is -2.12. The molecule has 0 saturated carbocycles. The molecule has 0 radical (unpaired) electrons. The number of ether oxygens (including phenoxy) is 1. The number of hydrogen-bond acceptors (Lipinski definition) is 3. The quantitative estimate of drug-likeness (QED) is 0.619. The molecule has 0 fully saturated rings. The number of carbonyl (C=O) groups excluding carboxylic acids is 2. The molecule has 5 heteroatoms. The van der Waals surface area contributed by atoms with Gasteiger partial charge in [0.25, 0.3) is 0 Å². The molecule has 0 heterocycles. The monoisotopic (exact) mass is 318 g/mol. The maximum Gasteiger partial charge on any atom is 0.338 e. The van der Waals surface area contributed by atoms with Crippen LogP contribution in [0.3, 0.4) is 0 Å². The summed E-state index contributed by atoms with van der Waals surface area (Å²) in [6, 6.07) is 4.85. The maximum atomic E-state index is 11.7. The van der Waals surface area contributed by atoms with Gasteiger partial charge in [-0.2, -0.15) is 0 Å². The van der Waals surface area contributed by atoms with Crippen molar-refractivity contribution in [3.63, 3.8) is 0 Å². The van der Waals surface area contributed by atoms with Gasteiger partial charge in [-0.1, -0.05) is 33.6 Å². The van der Waals surface area contributed by atoms with E-state index >= 15 is 0 Å². The standard InChI is InChI=1S/C12H12BrClO3/c1-2-17-12(16)11-6-9(14)4-3-8(11)5-10(15)7-13/h3-4,6H,2,5,7H2,1H3. The molecule has 17 heavy (non-hydrogen) atoms. The normalized spacial score (nSPS) is 10.1. The molecule has 0 amide bonds. The number of rotatable bonds is 5. The van der Waals surface area contributed by atoms with Gasteiger partial charge in [0.2, 0.25) is 0 Å². The maximum absolute atomic E-state index is 11.7. The van der Waals surface area contributed by atoms with Crippen molar-refractivity contribution >= 4 is 39.3 Å². The second kappa shape index (κ2) is 6.77. The third-order valence-corrected chi connectivity index (χ3v) is 2.96. The molecule has 1 aromatic carbocycles. The zero-order valence-electron chi connectivity index (χ0n) is 9.33. The molecular formula is C12H12BrClO3. The van der Waals surface area contributed by atoms with Crippen molar-refractivity contribution in [1.29, 1.82) is 0 Å². The van der Waals surface area contributed by atoms with Crippen LogP contribution in [-0.4, -0.2) is 23.7 Å². The number of hydrogen-bond donors (Lipinski definition) is 0. The fourth-order valence-corrected chi connectivity index (χ4v) is 1.73. The molecule has 0 atom stereocenters. The highest BCUT2D eigenvalue weighted by atomic mass is 79.9. The number of carbonyl (C=O) groups is 2. The van der Waals surface area contributed by atoms with Gasteiger partial charge in [-0.3, -0.25) is 4.79 Å². The molecule has 0 saturated heterocycles. The van der Waals surface area contributed by atoms with E-state index in [1.54, 1.807) is 19.1 Å². The third-order valence-electron chi connectivity index (χ3n) is 2.10. The topological polar surface area (TPSA) is 43.4 Å². The zero-order chi connectivity index (χ0) is 12.8. The summed E-state index contributed by atoms with van der Waals surface area (Å²) in [5.41, 5.74) is 0.992. The van der Waals surface area contributed by atoms with Crippen molar-refractivity contribution in [1.82, 2.24) is 0 Å². The summed E-state index contributed by atoms with van der Waals surface area (Å²) in [6.45, 7) is 2.02. The van der Waals surface area contributed by atoms with Crippen LogP contribution in [0.1, 0.15) is 22.8 Å². The highest BCUT2D eigenvalue weighted by Gasteiger charge is 2.15. The molecule has 0 spiro atoms. The first-order chi connectivity index (χ1) is 8.08. The van der Waals surface area contributed by atoms with Crippen LogP contribution in [0.25, 0.3) is 0 Å². The van der Waals surface area contributed by atoms with Gasteiger partial charge in [0.15, 0.2) is 0 Å². The van der Waals surface area contributed by atoms with Crippen LogP contribution in [0, 0.1) is 0 Å². The predicted molar refractivity (Wildman–Crippen MR) is 69.9 cm³/mol. The van der Waals surface area contributed by atoms with Crippen LogP contribution in [0.15, 0.2) is 18.2 Å². The van der Waals surface area contributed by atoms with Gasteiger partial charge in [0.1, 0.15) is 5.78 Å². The molecule has 3 nitrogen and oxygen atoms in total. The highest BCUT2D eigenvalue weighted by molar-refractivity contribution is 9.09. The minimum Gasteiger partial charge on any atom is -0.462 e. The Labute approximate surface area is 113 Å². The minimum atomic E-state index is -0.452. The first kappa shape index (κ1) is 14.2. The van der Waals surface area contributed by atoms with Gasteiger partial charge in [-0.05, 0) is 24.6 Å². The van der Waals surface area contributed by atoms with Crippen molar-refractivity contribution in [3.8, 4) is 0 Å². The Morgan fingerprint density at radius 2 is 2.12 bits per heavy atom. The Morgan fingerprint density at radius 1 is 1.41 bits per heavy atom. The first-order valence-corrected chi connectivity index (χ1v) is 6.61. The summed E-state index contributed by atoms with van der Waals surface area (Å²) >= 11 is 8.92. The van der Waals surface area contributed by atoms with Gasteiger partial charge in [0, 0.05) is 11.4 Å². The number of alkyl halides is 1. The van der Waals surface area contributed by atoms with Gasteiger partial charge < -0.3 is 4.74 Å². The Bertz CT molecular complexity index is 432. The van der Waals surface area contributed by atoms with Crippen LogP contribution in [0.4, 0.5) is 0 Å². The molecule has 92 valence electrons. The van der Waals surface area contributed by atoms with Crippen molar-refractivity contribution in [2.45, 2.75) is 13.3 Å². The van der Waals surface area contributed by atoms with Crippen LogP contribution >= 0.6 is 27.5 Å². The van der Waals surface area contributed by atoms with E-state index in [-0.39, 0.29) is 24.1 Å². The molecule has 1 rings (SSSR count). The van der Waals surface area contributed by atoms with Crippen molar-refractivity contribution in [2.24, 2.45) is 0 Å². The first-order valence-electron chi connectivity index (χ1n) is 5.11. The van der Waals surface area contributed by atoms with E-state index < -0.39 is 5.97 Å². The zero-order valence-corrected chi connectivity index (χ0v) is 11.7. The van der Waals surface area contributed by atoms with Gasteiger partial charge >= 0.3 is 5.97 Å². The summed E-state index contributed by atoms with van der Waals surface area (Å²) < 4.78 is 4.92. The Balaban J connectivity index is 3.03. The largest absolute Gasteiger partial charge is 0.462 e. The fourth-order valence-electron chi connectivity index (χ4n) is 1.36. The second-order valence-electron chi connectivity index (χ2n) is 3.37. The summed E-state index contributed by atoms with van der Waals surface area (Å²) in [7, 11) is 0. The summed E-state index contributed by atoms with van der Waals surface area (Å²) in [6.07, 6.45) is 0.191. The number of ketones is 1. The van der Waals surface area contributed by atoms with Gasteiger partial charge in [0.05, 0.1) is 17.5 Å². The molecule has 0 aliphatic heterocycles. The lowest BCUT2D eigenvalue weighted by atomic mass is 10.0. The van der Waals surface area contributed by atoms with Gasteiger partial charge in [-0.15, -0.1) is 0 Å².